The van der Waals surface area contributed by atoms with Crippen LogP contribution in [0, 0.1) is 13.5 Å². The molecule has 0 spiro atoms. The van der Waals surface area contributed by atoms with E-state index in [0.717, 1.165) is 180 Å². The van der Waals surface area contributed by atoms with Crippen LogP contribution in [0.15, 0.2) is 296 Å². The quantitative estimate of drug-likeness (QED) is 0.0212. The molecule has 143 heavy (non-hydrogen) atoms. The van der Waals surface area contributed by atoms with E-state index in [2.05, 4.69) is 132 Å². The van der Waals surface area contributed by atoms with Crippen molar-refractivity contribution in [2.24, 2.45) is 86.5 Å². The average molecular weight is 2050 g/mol. The first-order valence-electron chi connectivity index (χ1n) is 45.9. The molecule has 12 aromatic rings. The van der Waals surface area contributed by atoms with Crippen LogP contribution in [0.1, 0.15) is 96.4 Å². The van der Waals surface area contributed by atoms with Crippen molar-refractivity contribution in [1.29, 1.82) is 0 Å². The molecule has 1 radical (unpaired) electrons. The number of aromatic nitrogens is 5. The number of anilines is 1. The molecule has 0 aliphatic carbocycles. The second-order valence-corrected chi connectivity index (χ2v) is 40.7. The van der Waals surface area contributed by atoms with Gasteiger partial charge in [-0.1, -0.05) is 182 Å². The number of benzene rings is 9. The number of aliphatic imine (C=N–C) groups is 8. The molecule has 1 atom stereocenters. The Morgan fingerprint density at radius 3 is 1.63 bits per heavy atom. The maximum absolute atomic E-state index is 10.6. The summed E-state index contributed by atoms with van der Waals surface area (Å²) in [4.78, 5) is 59.3. The number of amidine groups is 6. The fourth-order valence-corrected chi connectivity index (χ4v) is 17.6. The van der Waals surface area contributed by atoms with Gasteiger partial charge in [-0.25, -0.2) is 68.9 Å². The Hall–Kier alpha value is -13.9. The molecule has 0 amide bonds. The van der Waals surface area contributed by atoms with E-state index in [-0.39, 0.29) is 23.2 Å². The molecule has 0 fully saturated rings. The van der Waals surface area contributed by atoms with Gasteiger partial charge in [0.15, 0.2) is 32.7 Å². The molecule has 8 bridgehead atoms. The van der Waals surface area contributed by atoms with Crippen LogP contribution in [0.4, 0.5) is 34.4 Å². The Balaban J connectivity index is 0.000000157. The van der Waals surface area contributed by atoms with Crippen molar-refractivity contribution < 1.29 is 47.1 Å². The van der Waals surface area contributed by atoms with Gasteiger partial charge in [-0.15, -0.1) is 20.4 Å². The van der Waals surface area contributed by atoms with E-state index in [9.17, 15) is 25.3 Å². The van der Waals surface area contributed by atoms with Gasteiger partial charge in [0.25, 0.3) is 0 Å². The standard InChI is InChI=1S/C32H18N8.C20H19N5.C17H18N2O.C16H15N7S.3C6H16N2O2S.Cu/c1-2-10-18-17(9-1)25-33-26(18)38-28-21-13-5-6-14-22(21)30(35-28)40-32-24-16-8-7-15-23(24)31(36-32)39-29-20-12-4-3-11-19(20)27(34-29)37-25;1-14-13-19(25(24(14)3)16-9-5-4-6-10-16)22-23-20-15(2)21-18-12-8-7-11-17(18)20;1-4-19(5-2)13-7-9-15-17(11-13)20-16-10-12(3)6-8-14(16)18-15;1-17-12-10-22(3)23(4)14(12)20-21-15-13(19-16(18-2)24-15)11-8-6-5-7-9-11;3*1-8(2)6-4-5-7-11(3,9)10;/h1-16,25H,(H-,33,34,35,37,38,39,40);4-13H,1-3H3;6-11H,3-5H2,1-2H3;5-10H,2-4H3;3*7H,4-6H2,1-3H3;/q-2;;;;;;;+2/b;22-19-,23-20-;;18-16?,20-14+,21-15+;;;;. The number of nitrogens with one attached hydrogen (secondary N) is 4. The number of rotatable bonds is 22. The summed E-state index contributed by atoms with van der Waals surface area (Å²) in [6.07, 6.45) is 7.41. The minimum atomic E-state index is -2.99. The maximum Gasteiger partial charge on any atom is 2.00 e. The molecule has 747 valence electrons. The molecule has 19 rings (SSSR count). The van der Waals surface area contributed by atoms with Gasteiger partial charge in [-0.05, 0) is 190 Å². The summed E-state index contributed by atoms with van der Waals surface area (Å²) in [7, 11) is 10.2. The number of hydrogen-bond acceptors (Lipinski definition) is 25. The van der Waals surface area contributed by atoms with Crippen molar-refractivity contribution >= 4 is 150 Å². The Kier molecular flexibility index (Phi) is 37.5. The predicted octanol–water partition coefficient (Wildman–Crippen LogP) is 13.3. The molecule has 3 aromatic heterocycles. The normalized spacial score (nSPS) is 15.3. The topological polar surface area (TPSA) is 386 Å². The first-order chi connectivity index (χ1) is 68.0. The number of ether oxygens (including phenoxy) is 1. The van der Waals surface area contributed by atoms with E-state index < -0.39 is 30.1 Å². The molecule has 9 aromatic carbocycles. The number of para-hydroxylation sites is 2. The van der Waals surface area contributed by atoms with Crippen LogP contribution in [0.25, 0.3) is 33.2 Å². The van der Waals surface area contributed by atoms with Crippen LogP contribution >= 0.6 is 11.8 Å². The van der Waals surface area contributed by atoms with E-state index in [1.54, 1.807) is 22.6 Å². The summed E-state index contributed by atoms with van der Waals surface area (Å²) in [6.45, 7) is 25.8. The first kappa shape index (κ1) is 108. The summed E-state index contributed by atoms with van der Waals surface area (Å²) in [5, 5.41) is 31.2. The second kappa shape index (κ2) is 49.7. The van der Waals surface area contributed by atoms with Gasteiger partial charge < -0.3 is 59.6 Å². The Labute approximate surface area is 850 Å². The molecule has 35 nitrogen and oxygen atoms in total. The molecule has 10 heterocycles. The molecule has 4 N–H and O–H groups in total. The van der Waals surface area contributed by atoms with Gasteiger partial charge in [0.05, 0.1) is 66.1 Å². The van der Waals surface area contributed by atoms with E-state index in [0.29, 0.717) is 81.8 Å². The number of hydrogen-bond donors (Lipinski definition) is 4. The SMILES string of the molecule is C=c1ccc2c(c1)Oc1cc(N(CC)CC)ccc1N=2.CC1=Nc2ccccc2/C1=N\N=c1\cc(C)n(C)n1-c1ccccc1.CN(C)CCCNS(C)(=O)=O.CN(C)CCCNS(C)(=O)=O.CN(C)CCCNS(C)(=O)=O.[C-]#[N+]c1cn(C)n(C)/c1=N/N=C1/SC(=NC)N=C1c1ccccc1.[Cu+2].c1ccc2c(c1)C1=NC2=Nc2[n-]c(c3ccccc23)N=C2N=C(NC3[N-]C(=N1)c1ccccc13)c1ccccc12. The van der Waals surface area contributed by atoms with Gasteiger partial charge in [0.1, 0.15) is 28.3 Å². The van der Waals surface area contributed by atoms with Crippen LogP contribution < -0.4 is 55.7 Å². The van der Waals surface area contributed by atoms with Crippen molar-refractivity contribution in [2.75, 3.05) is 125 Å². The third-order valence-corrected chi connectivity index (χ3v) is 25.6. The molecular weight excluding hydrogens is 1930 g/mol. The van der Waals surface area contributed by atoms with Crippen molar-refractivity contribution in [1.82, 2.24) is 57.9 Å². The van der Waals surface area contributed by atoms with Gasteiger partial charge in [-0.3, -0.25) is 19.3 Å². The molecule has 0 saturated heterocycles. The van der Waals surface area contributed by atoms with E-state index in [4.69, 9.17) is 46.6 Å². The summed E-state index contributed by atoms with van der Waals surface area (Å²) < 4.78 is 84.2. The Bertz CT molecular complexity index is 7570. The second-order valence-electron chi connectivity index (χ2n) is 34.2. The zero-order valence-electron chi connectivity index (χ0n) is 83.0. The largest absolute Gasteiger partial charge is 2.00 e. The monoisotopic (exact) mass is 2050 g/mol. The summed E-state index contributed by atoms with van der Waals surface area (Å²) in [5.41, 5.74) is 17.1. The molecular formula is C103H118CuN28O7S4. The van der Waals surface area contributed by atoms with Crippen LogP contribution in [-0.2, 0) is 68.3 Å². The Morgan fingerprint density at radius 1 is 0.538 bits per heavy atom. The van der Waals surface area contributed by atoms with Crippen LogP contribution in [0.3, 0.4) is 0 Å². The number of nitrogens with zero attached hydrogens (tertiary/aromatic N) is 24. The zero-order chi connectivity index (χ0) is 102. The third kappa shape index (κ3) is 29.0. The molecule has 0 saturated carbocycles. The third-order valence-electron chi connectivity index (χ3n) is 22.5. The number of thioether (sulfide) groups is 1. The zero-order valence-corrected chi connectivity index (χ0v) is 87.2. The number of sulfonamides is 3. The van der Waals surface area contributed by atoms with E-state index in [1.807, 2.05) is 284 Å². The average Bonchev–Trinajstić information content (AvgIpc) is 1.61. The molecule has 40 heteroatoms. The summed E-state index contributed by atoms with van der Waals surface area (Å²) in [5.74, 6) is 5.81. The first-order valence-corrected chi connectivity index (χ1v) is 52.4. The van der Waals surface area contributed by atoms with E-state index in [1.165, 1.54) is 30.5 Å². The van der Waals surface area contributed by atoms with Crippen molar-refractivity contribution in [3.63, 3.8) is 0 Å². The molecule has 7 aliphatic heterocycles. The summed E-state index contributed by atoms with van der Waals surface area (Å²) in [6, 6.07) is 74.2. The number of aryl methyl sites for hydroxylation is 2. The van der Waals surface area contributed by atoms with Crippen molar-refractivity contribution in [2.45, 2.75) is 53.1 Å². The summed E-state index contributed by atoms with van der Waals surface area (Å²) >= 11 is 1.37. The van der Waals surface area contributed by atoms with Crippen LogP contribution in [0.2, 0.25) is 0 Å². The van der Waals surface area contributed by atoms with Gasteiger partial charge in [0, 0.05) is 136 Å². The maximum atomic E-state index is 10.6. The van der Waals surface area contributed by atoms with Crippen molar-refractivity contribution in [3.8, 4) is 17.2 Å². The van der Waals surface area contributed by atoms with Gasteiger partial charge >= 0.3 is 17.1 Å². The van der Waals surface area contributed by atoms with E-state index >= 15 is 0 Å². The van der Waals surface area contributed by atoms with Crippen molar-refractivity contribution in [3.05, 3.63) is 319 Å². The predicted molar refractivity (Wildman–Crippen MR) is 577 cm³/mol. The molecule has 1 unspecified atom stereocenters. The van der Waals surface area contributed by atoms with Gasteiger partial charge in [-0.2, -0.15) is 0 Å². The Morgan fingerprint density at radius 2 is 1.06 bits per heavy atom. The fourth-order valence-electron chi connectivity index (χ4n) is 15.3. The smallest absolute Gasteiger partial charge is 0.453 e. The number of fused-ring (bicyclic) bond motifs is 21. The minimum Gasteiger partial charge on any atom is -0.453 e. The fraction of sp³-hybridized carbons (Fsp3) is 0.282. The van der Waals surface area contributed by atoms with Crippen LogP contribution in [-0.4, -0.2) is 236 Å². The minimum absolute atomic E-state index is 0. The molecule has 7 aliphatic rings. The van der Waals surface area contributed by atoms with Gasteiger partial charge in [0.2, 0.25) is 35.8 Å². The van der Waals surface area contributed by atoms with Crippen LogP contribution in [0.5, 0.6) is 11.5 Å².